The normalized spacial score (nSPS) is 25.5. The van der Waals surface area contributed by atoms with E-state index in [0.29, 0.717) is 10.8 Å². The lowest BCUT2D eigenvalue weighted by atomic mass is 9.57. The fraction of sp³-hybridized carbons (Fsp3) is 0.647. The largest absolute Gasteiger partial charge is 0.0616 e. The lowest BCUT2D eigenvalue weighted by Crippen LogP contribution is -2.41. The van der Waals surface area contributed by atoms with Gasteiger partial charge >= 0.3 is 0 Å². The maximum Gasteiger partial charge on any atom is -0.00720 e. The van der Waals surface area contributed by atoms with Gasteiger partial charge in [0, 0.05) is 0 Å². The van der Waals surface area contributed by atoms with Crippen LogP contribution in [0.15, 0.2) is 12.1 Å². The summed E-state index contributed by atoms with van der Waals surface area (Å²) < 4.78 is 0. The average molecular weight is 230 g/mol. The van der Waals surface area contributed by atoms with Crippen LogP contribution in [0.2, 0.25) is 0 Å². The molecule has 0 aliphatic heterocycles. The topological polar surface area (TPSA) is 0 Å². The van der Waals surface area contributed by atoms with E-state index in [1.54, 1.807) is 11.1 Å². The molecular weight excluding hydrogens is 204 g/mol. The second-order valence-corrected chi connectivity index (χ2v) is 7.14. The SMILES string of the molecule is Cc1ccc2c(c1C)C(C)(C)C(C)CC2(C)C. The van der Waals surface area contributed by atoms with Crippen molar-refractivity contribution in [1.82, 2.24) is 0 Å². The van der Waals surface area contributed by atoms with E-state index in [0.717, 1.165) is 5.92 Å². The van der Waals surface area contributed by atoms with Crippen LogP contribution >= 0.6 is 0 Å². The van der Waals surface area contributed by atoms with E-state index < -0.39 is 0 Å². The van der Waals surface area contributed by atoms with E-state index in [1.165, 1.54) is 17.5 Å². The van der Waals surface area contributed by atoms with Crippen molar-refractivity contribution >= 4 is 0 Å². The molecule has 1 atom stereocenters. The highest BCUT2D eigenvalue weighted by Gasteiger charge is 2.42. The van der Waals surface area contributed by atoms with Gasteiger partial charge in [-0.3, -0.25) is 0 Å². The predicted octanol–water partition coefficient (Wildman–Crippen LogP) is 4.90. The first-order valence-corrected chi connectivity index (χ1v) is 6.79. The fourth-order valence-corrected chi connectivity index (χ4v) is 3.59. The number of hydrogen-bond acceptors (Lipinski definition) is 0. The zero-order valence-corrected chi connectivity index (χ0v) is 12.4. The summed E-state index contributed by atoms with van der Waals surface area (Å²) in [5.41, 5.74) is 6.75. The van der Waals surface area contributed by atoms with Crippen molar-refractivity contribution in [3.05, 3.63) is 34.4 Å². The van der Waals surface area contributed by atoms with Crippen molar-refractivity contribution in [2.75, 3.05) is 0 Å². The summed E-state index contributed by atoms with van der Waals surface area (Å²) in [4.78, 5) is 0. The van der Waals surface area contributed by atoms with E-state index >= 15 is 0 Å². The predicted molar refractivity (Wildman–Crippen MR) is 75.7 cm³/mol. The highest BCUT2D eigenvalue weighted by molar-refractivity contribution is 5.49. The molecule has 1 aromatic carbocycles. The summed E-state index contributed by atoms with van der Waals surface area (Å²) in [6.45, 7) is 16.6. The molecule has 0 aromatic heterocycles. The molecule has 0 heteroatoms. The third-order valence-corrected chi connectivity index (χ3v) is 5.16. The highest BCUT2D eigenvalue weighted by Crippen LogP contribution is 2.50. The summed E-state index contributed by atoms with van der Waals surface area (Å²) in [6, 6.07) is 4.66. The Kier molecular flexibility index (Phi) is 2.69. The number of aryl methyl sites for hydroxylation is 1. The quantitative estimate of drug-likeness (QED) is 0.595. The maximum atomic E-state index is 2.41. The molecule has 94 valence electrons. The van der Waals surface area contributed by atoms with Crippen LogP contribution in [0.3, 0.4) is 0 Å². The molecule has 17 heavy (non-hydrogen) atoms. The molecule has 0 N–H and O–H groups in total. The zero-order chi connectivity index (χ0) is 13.0. The zero-order valence-electron chi connectivity index (χ0n) is 12.4. The summed E-state index contributed by atoms with van der Waals surface area (Å²) in [6.07, 6.45) is 1.29. The van der Waals surface area contributed by atoms with Crippen LogP contribution in [0.4, 0.5) is 0 Å². The Balaban J connectivity index is 2.78. The average Bonchev–Trinajstić information content (AvgIpc) is 2.18. The van der Waals surface area contributed by atoms with E-state index in [-0.39, 0.29) is 0 Å². The molecule has 1 aromatic rings. The van der Waals surface area contributed by atoms with Crippen molar-refractivity contribution in [1.29, 1.82) is 0 Å². The van der Waals surface area contributed by atoms with Gasteiger partial charge in [0.25, 0.3) is 0 Å². The first-order chi connectivity index (χ1) is 7.68. The Morgan fingerprint density at radius 1 is 1.06 bits per heavy atom. The van der Waals surface area contributed by atoms with Crippen LogP contribution in [-0.2, 0) is 10.8 Å². The molecule has 1 aliphatic rings. The Labute approximate surface area is 106 Å². The fourth-order valence-electron chi connectivity index (χ4n) is 3.59. The third-order valence-electron chi connectivity index (χ3n) is 5.16. The second-order valence-electron chi connectivity index (χ2n) is 7.14. The van der Waals surface area contributed by atoms with Gasteiger partial charge in [0.1, 0.15) is 0 Å². The van der Waals surface area contributed by atoms with Gasteiger partial charge in [-0.1, -0.05) is 46.8 Å². The number of rotatable bonds is 0. The lowest BCUT2D eigenvalue weighted by Gasteiger charge is -2.47. The van der Waals surface area contributed by atoms with Crippen molar-refractivity contribution in [3.8, 4) is 0 Å². The number of fused-ring (bicyclic) bond motifs is 1. The number of benzene rings is 1. The van der Waals surface area contributed by atoms with Crippen molar-refractivity contribution in [2.45, 2.75) is 65.7 Å². The van der Waals surface area contributed by atoms with Gasteiger partial charge in [-0.15, -0.1) is 0 Å². The molecule has 1 unspecified atom stereocenters. The van der Waals surface area contributed by atoms with Gasteiger partial charge in [0.05, 0.1) is 0 Å². The van der Waals surface area contributed by atoms with Crippen LogP contribution in [0.25, 0.3) is 0 Å². The second kappa shape index (κ2) is 3.60. The van der Waals surface area contributed by atoms with Gasteiger partial charge in [-0.05, 0) is 59.3 Å². The van der Waals surface area contributed by atoms with E-state index in [9.17, 15) is 0 Å². The molecular formula is C17H26. The van der Waals surface area contributed by atoms with E-state index in [4.69, 9.17) is 0 Å². The lowest BCUT2D eigenvalue weighted by molar-refractivity contribution is 0.232. The summed E-state index contributed by atoms with van der Waals surface area (Å²) >= 11 is 0. The first-order valence-electron chi connectivity index (χ1n) is 6.79. The van der Waals surface area contributed by atoms with Gasteiger partial charge in [0.2, 0.25) is 0 Å². The number of hydrogen-bond donors (Lipinski definition) is 0. The van der Waals surface area contributed by atoms with Gasteiger partial charge in [-0.2, -0.15) is 0 Å². The molecule has 0 saturated carbocycles. The smallest absolute Gasteiger partial charge is 0.00720 e. The monoisotopic (exact) mass is 230 g/mol. The van der Waals surface area contributed by atoms with Gasteiger partial charge in [-0.25, -0.2) is 0 Å². The summed E-state index contributed by atoms with van der Waals surface area (Å²) in [7, 11) is 0. The Morgan fingerprint density at radius 3 is 2.24 bits per heavy atom. The van der Waals surface area contributed by atoms with Crippen LogP contribution < -0.4 is 0 Å². The minimum absolute atomic E-state index is 0.307. The van der Waals surface area contributed by atoms with Crippen molar-refractivity contribution < 1.29 is 0 Å². The van der Waals surface area contributed by atoms with Crippen LogP contribution in [0, 0.1) is 19.8 Å². The Bertz CT molecular complexity index is 449. The molecule has 0 nitrogen and oxygen atoms in total. The molecule has 0 bridgehead atoms. The van der Waals surface area contributed by atoms with Gasteiger partial charge in [0.15, 0.2) is 0 Å². The third kappa shape index (κ3) is 1.73. The van der Waals surface area contributed by atoms with Crippen LogP contribution in [-0.4, -0.2) is 0 Å². The van der Waals surface area contributed by atoms with Crippen LogP contribution in [0.1, 0.15) is 63.3 Å². The summed E-state index contributed by atoms with van der Waals surface area (Å²) in [5, 5.41) is 0. The first kappa shape index (κ1) is 12.7. The molecule has 0 heterocycles. The minimum Gasteiger partial charge on any atom is -0.0616 e. The maximum absolute atomic E-state index is 2.41. The standard InChI is InChI=1S/C17H26/c1-11-8-9-14-15(13(11)3)17(6,7)12(2)10-16(14,4)5/h8-9,12H,10H2,1-7H3. The molecule has 0 saturated heterocycles. The van der Waals surface area contributed by atoms with Crippen molar-refractivity contribution in [2.24, 2.45) is 5.92 Å². The van der Waals surface area contributed by atoms with Crippen LogP contribution in [0.5, 0.6) is 0 Å². The summed E-state index contributed by atoms with van der Waals surface area (Å²) in [5.74, 6) is 0.741. The highest BCUT2D eigenvalue weighted by atomic mass is 14.5. The van der Waals surface area contributed by atoms with Gasteiger partial charge < -0.3 is 0 Å². The van der Waals surface area contributed by atoms with E-state index in [1.807, 2.05) is 0 Å². The molecule has 2 rings (SSSR count). The molecule has 0 amide bonds. The van der Waals surface area contributed by atoms with Crippen molar-refractivity contribution in [3.63, 3.8) is 0 Å². The minimum atomic E-state index is 0.307. The van der Waals surface area contributed by atoms with E-state index in [2.05, 4.69) is 60.6 Å². The molecule has 0 radical (unpaired) electrons. The molecule has 0 spiro atoms. The molecule has 1 aliphatic carbocycles. The molecule has 0 fully saturated rings. The Hall–Kier alpha value is -0.780. The Morgan fingerprint density at radius 2 is 1.65 bits per heavy atom.